The summed E-state index contributed by atoms with van der Waals surface area (Å²) in [5.41, 5.74) is 1.46. The van der Waals surface area contributed by atoms with Crippen molar-refractivity contribution in [1.82, 2.24) is 9.88 Å². The Hall–Kier alpha value is -1.60. The van der Waals surface area contributed by atoms with Crippen molar-refractivity contribution in [3.05, 3.63) is 24.0 Å². The van der Waals surface area contributed by atoms with Gasteiger partial charge in [-0.05, 0) is 38.6 Å². The van der Waals surface area contributed by atoms with E-state index in [0.717, 1.165) is 12.2 Å². The molecular formula is C12H16N4. The molecule has 1 aromatic rings. The fourth-order valence-corrected chi connectivity index (χ4v) is 2.07. The van der Waals surface area contributed by atoms with E-state index in [1.165, 1.54) is 19.4 Å². The third-order valence-electron chi connectivity index (χ3n) is 2.87. The molecule has 0 saturated carbocycles. The molecule has 1 fully saturated rings. The molecule has 1 saturated heterocycles. The average molecular weight is 216 g/mol. The van der Waals surface area contributed by atoms with Crippen molar-refractivity contribution in [2.24, 2.45) is 0 Å². The van der Waals surface area contributed by atoms with Gasteiger partial charge in [-0.15, -0.1) is 0 Å². The monoisotopic (exact) mass is 216 g/mol. The number of likely N-dealkylation sites (N-methyl/N-ethyl adjacent to an activating group) is 1. The van der Waals surface area contributed by atoms with Crippen molar-refractivity contribution >= 4 is 5.69 Å². The van der Waals surface area contributed by atoms with Crippen LogP contribution in [0, 0.1) is 11.3 Å². The second-order valence-electron chi connectivity index (χ2n) is 4.29. The normalized spacial score (nSPS) is 21.4. The molecule has 0 spiro atoms. The van der Waals surface area contributed by atoms with Crippen LogP contribution in [0.3, 0.4) is 0 Å². The molecule has 2 heterocycles. The molecular weight excluding hydrogens is 200 g/mol. The zero-order valence-corrected chi connectivity index (χ0v) is 9.48. The first-order valence-corrected chi connectivity index (χ1v) is 5.59. The van der Waals surface area contributed by atoms with Gasteiger partial charge in [-0.2, -0.15) is 5.26 Å². The minimum absolute atomic E-state index is 0.464. The highest BCUT2D eigenvalue weighted by atomic mass is 15.1. The van der Waals surface area contributed by atoms with Crippen molar-refractivity contribution in [2.45, 2.75) is 18.9 Å². The van der Waals surface area contributed by atoms with Gasteiger partial charge in [0.15, 0.2) is 0 Å². The molecule has 4 heteroatoms. The van der Waals surface area contributed by atoms with Crippen molar-refractivity contribution in [1.29, 1.82) is 5.26 Å². The van der Waals surface area contributed by atoms with Gasteiger partial charge in [0.2, 0.25) is 0 Å². The lowest BCUT2D eigenvalue weighted by atomic mass is 10.1. The Morgan fingerprint density at radius 2 is 2.44 bits per heavy atom. The first kappa shape index (κ1) is 10.9. The minimum Gasteiger partial charge on any atom is -0.380 e. The Morgan fingerprint density at radius 3 is 3.06 bits per heavy atom. The Balaban J connectivity index is 1.95. The molecule has 84 valence electrons. The summed E-state index contributed by atoms with van der Waals surface area (Å²) in [4.78, 5) is 6.38. The van der Waals surface area contributed by atoms with Gasteiger partial charge < -0.3 is 10.2 Å². The summed E-state index contributed by atoms with van der Waals surface area (Å²) in [6, 6.07) is 6.17. The lowest BCUT2D eigenvalue weighted by Gasteiger charge is -2.30. The van der Waals surface area contributed by atoms with Crippen LogP contribution >= 0.6 is 0 Å². The predicted molar refractivity (Wildman–Crippen MR) is 63.1 cm³/mol. The maximum absolute atomic E-state index is 8.65. The molecule has 2 rings (SSSR count). The fourth-order valence-electron chi connectivity index (χ4n) is 2.07. The average Bonchev–Trinajstić information content (AvgIpc) is 2.30. The highest BCUT2D eigenvalue weighted by molar-refractivity contribution is 5.43. The van der Waals surface area contributed by atoms with E-state index in [0.29, 0.717) is 11.7 Å². The summed E-state index contributed by atoms with van der Waals surface area (Å²) in [5.74, 6) is 0. The molecule has 0 radical (unpaired) electrons. The number of nitrogens with zero attached hydrogens (tertiary/aromatic N) is 3. The standard InChI is InChI=1S/C12H16N4/c1-16-6-2-3-12(9-16)15-11-5-4-10(7-13)14-8-11/h4-5,8,12,15H,2-3,6,9H2,1H3. The molecule has 1 atom stereocenters. The van der Waals surface area contributed by atoms with E-state index in [4.69, 9.17) is 5.26 Å². The van der Waals surface area contributed by atoms with E-state index in [1.807, 2.05) is 12.1 Å². The van der Waals surface area contributed by atoms with Gasteiger partial charge in [0.05, 0.1) is 11.9 Å². The number of aromatic nitrogens is 1. The molecule has 16 heavy (non-hydrogen) atoms. The zero-order valence-electron chi connectivity index (χ0n) is 9.48. The molecule has 1 aliphatic heterocycles. The summed E-state index contributed by atoms with van der Waals surface area (Å²) in [6.45, 7) is 2.25. The van der Waals surface area contributed by atoms with Gasteiger partial charge in [-0.25, -0.2) is 4.98 Å². The summed E-state index contributed by atoms with van der Waals surface area (Å²) in [5, 5.41) is 12.1. The molecule has 0 bridgehead atoms. The largest absolute Gasteiger partial charge is 0.380 e. The van der Waals surface area contributed by atoms with Crippen molar-refractivity contribution in [3.8, 4) is 6.07 Å². The second kappa shape index (κ2) is 4.95. The summed E-state index contributed by atoms with van der Waals surface area (Å²) in [6.07, 6.45) is 4.16. The second-order valence-corrected chi connectivity index (χ2v) is 4.29. The van der Waals surface area contributed by atoms with E-state index in [-0.39, 0.29) is 0 Å². The molecule has 0 aromatic carbocycles. The van der Waals surface area contributed by atoms with Gasteiger partial charge in [-0.1, -0.05) is 0 Å². The van der Waals surface area contributed by atoms with Crippen LogP contribution in [-0.2, 0) is 0 Å². The van der Waals surface area contributed by atoms with Gasteiger partial charge in [0.1, 0.15) is 11.8 Å². The third-order valence-corrected chi connectivity index (χ3v) is 2.87. The van der Waals surface area contributed by atoms with Crippen molar-refractivity contribution in [2.75, 3.05) is 25.5 Å². The fraction of sp³-hybridized carbons (Fsp3) is 0.500. The number of likely N-dealkylation sites (tertiary alicyclic amines) is 1. The minimum atomic E-state index is 0.464. The van der Waals surface area contributed by atoms with Gasteiger partial charge in [0, 0.05) is 12.6 Å². The molecule has 0 amide bonds. The van der Waals surface area contributed by atoms with Crippen LogP contribution in [0.4, 0.5) is 5.69 Å². The zero-order chi connectivity index (χ0) is 11.4. The van der Waals surface area contributed by atoms with Crippen molar-refractivity contribution in [3.63, 3.8) is 0 Å². The highest BCUT2D eigenvalue weighted by Crippen LogP contribution is 2.14. The molecule has 1 N–H and O–H groups in total. The van der Waals surface area contributed by atoms with Crippen LogP contribution in [0.1, 0.15) is 18.5 Å². The first-order chi connectivity index (χ1) is 7.78. The molecule has 1 aliphatic rings. The van der Waals surface area contributed by atoms with Crippen LogP contribution in [-0.4, -0.2) is 36.1 Å². The van der Waals surface area contributed by atoms with E-state index in [2.05, 4.69) is 22.2 Å². The lowest BCUT2D eigenvalue weighted by Crippen LogP contribution is -2.39. The van der Waals surface area contributed by atoms with Crippen LogP contribution < -0.4 is 5.32 Å². The van der Waals surface area contributed by atoms with Crippen LogP contribution in [0.25, 0.3) is 0 Å². The number of nitriles is 1. The molecule has 1 aromatic heterocycles. The summed E-state index contributed by atoms with van der Waals surface area (Å²) >= 11 is 0. The predicted octanol–water partition coefficient (Wildman–Crippen LogP) is 1.46. The first-order valence-electron chi connectivity index (χ1n) is 5.59. The maximum Gasteiger partial charge on any atom is 0.140 e. The van der Waals surface area contributed by atoms with Crippen LogP contribution in [0.5, 0.6) is 0 Å². The van der Waals surface area contributed by atoms with Gasteiger partial charge in [-0.3, -0.25) is 0 Å². The Labute approximate surface area is 95.9 Å². The number of nitrogens with one attached hydrogen (secondary N) is 1. The smallest absolute Gasteiger partial charge is 0.140 e. The van der Waals surface area contributed by atoms with E-state index >= 15 is 0 Å². The summed E-state index contributed by atoms with van der Waals surface area (Å²) < 4.78 is 0. The Morgan fingerprint density at radius 1 is 1.56 bits per heavy atom. The molecule has 4 nitrogen and oxygen atoms in total. The van der Waals surface area contributed by atoms with Crippen LogP contribution in [0.2, 0.25) is 0 Å². The van der Waals surface area contributed by atoms with E-state index < -0.39 is 0 Å². The number of pyridine rings is 1. The molecule has 0 aliphatic carbocycles. The molecule has 1 unspecified atom stereocenters. The number of hydrogen-bond acceptors (Lipinski definition) is 4. The number of piperidine rings is 1. The van der Waals surface area contributed by atoms with Crippen LogP contribution in [0.15, 0.2) is 18.3 Å². The van der Waals surface area contributed by atoms with E-state index in [9.17, 15) is 0 Å². The summed E-state index contributed by atoms with van der Waals surface area (Å²) in [7, 11) is 2.14. The third kappa shape index (κ3) is 2.71. The maximum atomic E-state index is 8.65. The Kier molecular flexibility index (Phi) is 3.37. The SMILES string of the molecule is CN1CCCC(Nc2ccc(C#N)nc2)C1. The highest BCUT2D eigenvalue weighted by Gasteiger charge is 2.16. The van der Waals surface area contributed by atoms with Crippen molar-refractivity contribution < 1.29 is 0 Å². The number of rotatable bonds is 2. The van der Waals surface area contributed by atoms with Gasteiger partial charge >= 0.3 is 0 Å². The topological polar surface area (TPSA) is 52.0 Å². The van der Waals surface area contributed by atoms with Gasteiger partial charge in [0.25, 0.3) is 0 Å². The Bertz CT molecular complexity index is 379. The number of hydrogen-bond donors (Lipinski definition) is 1. The van der Waals surface area contributed by atoms with E-state index in [1.54, 1.807) is 12.3 Å². The number of anilines is 1. The quantitative estimate of drug-likeness (QED) is 0.813. The lowest BCUT2D eigenvalue weighted by molar-refractivity contribution is 0.261.